The predicted molar refractivity (Wildman–Crippen MR) is 81.6 cm³/mol. The number of hydrogen-bond donors (Lipinski definition) is 1. The van der Waals surface area contributed by atoms with Gasteiger partial charge in [-0.25, -0.2) is 13.4 Å². The topological polar surface area (TPSA) is 85.6 Å². The molecular formula is C12H14N4O2S2. The maximum Gasteiger partial charge on any atom is 0.235 e. The Morgan fingerprint density at radius 3 is 2.65 bits per heavy atom. The normalized spacial score (nSPS) is 17.8. The van der Waals surface area contributed by atoms with Crippen molar-refractivity contribution in [3.05, 3.63) is 24.3 Å². The van der Waals surface area contributed by atoms with E-state index < -0.39 is 10.0 Å². The van der Waals surface area contributed by atoms with Gasteiger partial charge in [0.25, 0.3) is 0 Å². The van der Waals surface area contributed by atoms with Crippen LogP contribution in [0.2, 0.25) is 0 Å². The summed E-state index contributed by atoms with van der Waals surface area (Å²) in [5.41, 5.74) is 1.32. The van der Waals surface area contributed by atoms with E-state index >= 15 is 0 Å². The zero-order chi connectivity index (χ0) is 14.6. The molecule has 6 nitrogen and oxygen atoms in total. The largest absolute Gasteiger partial charge is 0.271 e. The molecule has 20 heavy (non-hydrogen) atoms. The van der Waals surface area contributed by atoms with Gasteiger partial charge < -0.3 is 0 Å². The molecule has 1 saturated heterocycles. The van der Waals surface area contributed by atoms with Crippen LogP contribution in [0.25, 0.3) is 0 Å². The lowest BCUT2D eigenvalue weighted by Crippen LogP contribution is -2.24. The summed E-state index contributed by atoms with van der Waals surface area (Å²) in [7, 11) is -3.15. The molecule has 0 spiro atoms. The van der Waals surface area contributed by atoms with E-state index in [1.165, 1.54) is 16.1 Å². The highest BCUT2D eigenvalue weighted by Gasteiger charge is 2.28. The predicted octanol–water partition coefficient (Wildman–Crippen LogP) is 1.65. The van der Waals surface area contributed by atoms with Gasteiger partial charge in [-0.05, 0) is 36.9 Å². The Morgan fingerprint density at radius 1 is 1.45 bits per heavy atom. The monoisotopic (exact) mass is 310 g/mol. The van der Waals surface area contributed by atoms with Gasteiger partial charge in [-0.15, -0.1) is 0 Å². The zero-order valence-electron chi connectivity index (χ0n) is 10.9. The first-order valence-electron chi connectivity index (χ1n) is 5.95. The van der Waals surface area contributed by atoms with Gasteiger partial charge in [-0.1, -0.05) is 11.8 Å². The minimum atomic E-state index is -3.15. The maximum absolute atomic E-state index is 11.8. The molecule has 0 amide bonds. The van der Waals surface area contributed by atoms with Crippen LogP contribution < -0.4 is 9.62 Å². The van der Waals surface area contributed by atoms with E-state index in [9.17, 15) is 8.42 Å². The van der Waals surface area contributed by atoms with Crippen LogP contribution in [0.15, 0.2) is 29.3 Å². The second-order valence-electron chi connectivity index (χ2n) is 4.12. The summed E-state index contributed by atoms with van der Waals surface area (Å²) in [5, 5.41) is 11.5. The van der Waals surface area contributed by atoms with Gasteiger partial charge in [0.1, 0.15) is 0 Å². The number of hydrogen-bond acceptors (Lipinski definition) is 5. The molecule has 0 aromatic heterocycles. The Balaban J connectivity index is 2.21. The van der Waals surface area contributed by atoms with Crippen LogP contribution >= 0.6 is 11.8 Å². The van der Waals surface area contributed by atoms with E-state index in [-0.39, 0.29) is 5.75 Å². The number of amidine groups is 1. The van der Waals surface area contributed by atoms with Crippen molar-refractivity contribution in [1.82, 2.24) is 5.32 Å². The van der Waals surface area contributed by atoms with Gasteiger partial charge in [0, 0.05) is 6.54 Å². The Hall–Kier alpha value is -1.72. The fourth-order valence-corrected chi connectivity index (χ4v) is 3.82. The molecule has 1 aromatic rings. The van der Waals surface area contributed by atoms with Crippen molar-refractivity contribution >= 4 is 38.3 Å². The third-order valence-electron chi connectivity index (χ3n) is 2.82. The lowest BCUT2D eigenvalue weighted by Gasteiger charge is -2.16. The van der Waals surface area contributed by atoms with E-state index in [0.29, 0.717) is 29.5 Å². The molecule has 0 unspecified atom stereocenters. The molecule has 1 N–H and O–H groups in total. The summed E-state index contributed by atoms with van der Waals surface area (Å²) >= 11 is 1.33. The standard InChI is InChI=1S/C12H14N4O2S2/c1-19-12(14-9-13)15-10-3-5-11(6-4-10)16-7-2-8-20(16,17)18/h3-6H,2,7-8H2,1H3,(H,14,15). The first kappa shape index (κ1) is 14.7. The summed E-state index contributed by atoms with van der Waals surface area (Å²) in [6.07, 6.45) is 4.29. The van der Waals surface area contributed by atoms with Crippen molar-refractivity contribution in [2.24, 2.45) is 4.99 Å². The van der Waals surface area contributed by atoms with E-state index in [2.05, 4.69) is 10.3 Å². The van der Waals surface area contributed by atoms with E-state index in [1.807, 2.05) is 12.4 Å². The zero-order valence-corrected chi connectivity index (χ0v) is 12.5. The Labute approximate surface area is 122 Å². The molecule has 0 bridgehead atoms. The number of thioether (sulfide) groups is 1. The number of nitrogens with zero attached hydrogens (tertiary/aromatic N) is 3. The molecule has 1 aromatic carbocycles. The first-order valence-corrected chi connectivity index (χ1v) is 8.78. The van der Waals surface area contributed by atoms with Gasteiger partial charge in [-0.2, -0.15) is 5.26 Å². The van der Waals surface area contributed by atoms with Gasteiger partial charge in [-0.3, -0.25) is 9.62 Å². The fourth-order valence-electron chi connectivity index (χ4n) is 1.91. The summed E-state index contributed by atoms with van der Waals surface area (Å²) < 4.78 is 25.0. The van der Waals surface area contributed by atoms with Crippen molar-refractivity contribution in [2.45, 2.75) is 6.42 Å². The number of anilines is 1. The van der Waals surface area contributed by atoms with Crippen LogP contribution in [0.5, 0.6) is 0 Å². The summed E-state index contributed by atoms with van der Waals surface area (Å²) in [6.45, 7) is 0.525. The molecule has 106 valence electrons. The highest BCUT2D eigenvalue weighted by molar-refractivity contribution is 8.13. The number of nitriles is 1. The number of benzene rings is 1. The number of nitrogens with one attached hydrogen (secondary N) is 1. The highest BCUT2D eigenvalue weighted by atomic mass is 32.2. The molecule has 1 aliphatic heterocycles. The SMILES string of the molecule is CSC(=Nc1ccc(N2CCCS2(=O)=O)cc1)NC#N. The van der Waals surface area contributed by atoms with Crippen molar-refractivity contribution in [1.29, 1.82) is 5.26 Å². The van der Waals surface area contributed by atoms with Crippen molar-refractivity contribution in [2.75, 3.05) is 22.9 Å². The molecule has 0 aliphatic carbocycles. The molecule has 0 saturated carbocycles. The maximum atomic E-state index is 11.8. The van der Waals surface area contributed by atoms with E-state index in [1.54, 1.807) is 24.3 Å². The van der Waals surface area contributed by atoms with Gasteiger partial charge in [0.15, 0.2) is 11.4 Å². The fraction of sp³-hybridized carbons (Fsp3) is 0.333. The number of rotatable bonds is 2. The van der Waals surface area contributed by atoms with Crippen LogP contribution in [-0.4, -0.2) is 32.1 Å². The number of aliphatic imine (C=N–C) groups is 1. The van der Waals surface area contributed by atoms with Crippen LogP contribution in [0.4, 0.5) is 11.4 Å². The molecule has 1 aliphatic rings. The van der Waals surface area contributed by atoms with Gasteiger partial charge in [0.2, 0.25) is 10.0 Å². The summed E-state index contributed by atoms with van der Waals surface area (Å²) in [6, 6.07) is 6.93. The van der Waals surface area contributed by atoms with Crippen LogP contribution in [0.1, 0.15) is 6.42 Å². The van der Waals surface area contributed by atoms with Crippen molar-refractivity contribution < 1.29 is 8.42 Å². The average molecular weight is 310 g/mol. The van der Waals surface area contributed by atoms with Gasteiger partial charge in [0.05, 0.1) is 17.1 Å². The highest BCUT2D eigenvalue weighted by Crippen LogP contribution is 2.26. The molecular weight excluding hydrogens is 296 g/mol. The van der Waals surface area contributed by atoms with Crippen LogP contribution in [0, 0.1) is 11.5 Å². The third kappa shape index (κ3) is 3.23. The Bertz CT molecular complexity index is 647. The van der Waals surface area contributed by atoms with Crippen LogP contribution in [0.3, 0.4) is 0 Å². The summed E-state index contributed by atoms with van der Waals surface area (Å²) in [5.74, 6) is 0.204. The van der Waals surface area contributed by atoms with E-state index in [4.69, 9.17) is 5.26 Å². The first-order chi connectivity index (χ1) is 9.56. The minimum Gasteiger partial charge on any atom is -0.271 e. The third-order valence-corrected chi connectivity index (χ3v) is 5.27. The minimum absolute atomic E-state index is 0.204. The quantitative estimate of drug-likeness (QED) is 0.388. The smallest absolute Gasteiger partial charge is 0.235 e. The lowest BCUT2D eigenvalue weighted by molar-refractivity contribution is 0.599. The second-order valence-corrected chi connectivity index (χ2v) is 6.92. The van der Waals surface area contributed by atoms with Crippen LogP contribution in [-0.2, 0) is 10.0 Å². The second kappa shape index (κ2) is 6.15. The average Bonchev–Trinajstić information content (AvgIpc) is 2.79. The summed E-state index contributed by atoms with van der Waals surface area (Å²) in [4.78, 5) is 4.25. The molecule has 0 atom stereocenters. The molecule has 8 heteroatoms. The Morgan fingerprint density at radius 2 is 2.15 bits per heavy atom. The molecule has 2 rings (SSSR count). The van der Waals surface area contributed by atoms with E-state index in [0.717, 1.165) is 0 Å². The van der Waals surface area contributed by atoms with Crippen molar-refractivity contribution in [3.63, 3.8) is 0 Å². The Kier molecular flexibility index (Phi) is 4.52. The van der Waals surface area contributed by atoms with Crippen molar-refractivity contribution in [3.8, 4) is 6.19 Å². The van der Waals surface area contributed by atoms with Gasteiger partial charge >= 0.3 is 0 Å². The molecule has 1 fully saturated rings. The molecule has 0 radical (unpaired) electrons. The molecule has 1 heterocycles. The lowest BCUT2D eigenvalue weighted by atomic mass is 10.3. The number of sulfonamides is 1.